The minimum absolute atomic E-state index is 0.167. The Bertz CT molecular complexity index is 679. The van der Waals surface area contributed by atoms with E-state index in [0.29, 0.717) is 4.47 Å². The van der Waals surface area contributed by atoms with Crippen LogP contribution in [0.25, 0.3) is 0 Å². The van der Waals surface area contributed by atoms with Gasteiger partial charge in [0.15, 0.2) is 0 Å². The monoisotopic (exact) mass is 349 g/mol. The van der Waals surface area contributed by atoms with E-state index in [1.165, 1.54) is 22.3 Å². The lowest BCUT2D eigenvalue weighted by molar-refractivity contribution is 0.620. The van der Waals surface area contributed by atoms with E-state index in [9.17, 15) is 4.39 Å². The van der Waals surface area contributed by atoms with Crippen molar-refractivity contribution >= 4 is 21.6 Å². The Balaban J connectivity index is 2.32. The van der Waals surface area contributed by atoms with Gasteiger partial charge in [-0.2, -0.15) is 0 Å². The molecule has 0 aromatic heterocycles. The van der Waals surface area contributed by atoms with Gasteiger partial charge in [0.2, 0.25) is 0 Å². The highest BCUT2D eigenvalue weighted by atomic mass is 79.9. The van der Waals surface area contributed by atoms with Crippen LogP contribution in [0, 0.1) is 33.5 Å². The summed E-state index contributed by atoms with van der Waals surface area (Å²) in [5, 5.41) is 3.49. The zero-order valence-electron chi connectivity index (χ0n) is 13.1. The van der Waals surface area contributed by atoms with Crippen molar-refractivity contribution in [1.82, 2.24) is 0 Å². The fourth-order valence-electron chi connectivity index (χ4n) is 2.56. The van der Waals surface area contributed by atoms with Crippen LogP contribution in [-0.2, 0) is 0 Å². The Labute approximate surface area is 134 Å². The second kappa shape index (κ2) is 6.18. The molecule has 1 N–H and O–H groups in total. The van der Waals surface area contributed by atoms with E-state index in [1.807, 2.05) is 6.92 Å². The van der Waals surface area contributed by atoms with Crippen LogP contribution in [0.4, 0.5) is 10.1 Å². The molecule has 2 aromatic rings. The van der Waals surface area contributed by atoms with E-state index in [4.69, 9.17) is 0 Å². The lowest BCUT2D eigenvalue weighted by atomic mass is 9.96. The third-order valence-corrected chi connectivity index (χ3v) is 4.60. The van der Waals surface area contributed by atoms with Gasteiger partial charge in [-0.05, 0) is 90.5 Å². The van der Waals surface area contributed by atoms with E-state index in [2.05, 4.69) is 61.1 Å². The maximum atomic E-state index is 13.5. The molecule has 2 aromatic carbocycles. The van der Waals surface area contributed by atoms with Gasteiger partial charge in [-0.25, -0.2) is 4.39 Å². The number of rotatable bonds is 3. The fourth-order valence-corrected chi connectivity index (χ4v) is 2.91. The van der Waals surface area contributed by atoms with Crippen LogP contribution in [0.3, 0.4) is 0 Å². The number of hydrogen-bond donors (Lipinski definition) is 1. The molecule has 3 heteroatoms. The molecule has 0 heterocycles. The van der Waals surface area contributed by atoms with Gasteiger partial charge in [-0.1, -0.05) is 12.1 Å². The predicted molar refractivity (Wildman–Crippen MR) is 91.5 cm³/mol. The van der Waals surface area contributed by atoms with Gasteiger partial charge < -0.3 is 5.32 Å². The fraction of sp³-hybridized carbons (Fsp3) is 0.333. The van der Waals surface area contributed by atoms with Crippen molar-refractivity contribution < 1.29 is 4.39 Å². The lowest BCUT2D eigenvalue weighted by Crippen LogP contribution is -2.10. The third kappa shape index (κ3) is 3.46. The summed E-state index contributed by atoms with van der Waals surface area (Å²) in [6.07, 6.45) is 0. The minimum atomic E-state index is -0.229. The standard InChI is InChI=1S/C18H21BrFN/c1-10-6-12(3)15(7-11(10)2)14(5)21-18-9-16(19)17(20)8-13(18)4/h6-9,14,21H,1-5H3. The summed E-state index contributed by atoms with van der Waals surface area (Å²) < 4.78 is 14.0. The molecule has 1 unspecified atom stereocenters. The topological polar surface area (TPSA) is 12.0 Å². The van der Waals surface area contributed by atoms with Gasteiger partial charge in [0.25, 0.3) is 0 Å². The molecule has 0 aliphatic carbocycles. The Kier molecular flexibility index (Phi) is 4.72. The van der Waals surface area contributed by atoms with Gasteiger partial charge >= 0.3 is 0 Å². The van der Waals surface area contributed by atoms with Crippen molar-refractivity contribution in [1.29, 1.82) is 0 Å². The van der Waals surface area contributed by atoms with Crippen LogP contribution < -0.4 is 5.32 Å². The molecular weight excluding hydrogens is 329 g/mol. The Morgan fingerprint density at radius 1 is 0.905 bits per heavy atom. The summed E-state index contributed by atoms with van der Waals surface area (Å²) in [6, 6.07) is 7.97. The Morgan fingerprint density at radius 3 is 2.19 bits per heavy atom. The summed E-state index contributed by atoms with van der Waals surface area (Å²) in [7, 11) is 0. The quantitative estimate of drug-likeness (QED) is 0.716. The highest BCUT2D eigenvalue weighted by molar-refractivity contribution is 9.10. The number of halogens is 2. The molecule has 1 atom stereocenters. The Morgan fingerprint density at radius 2 is 1.52 bits per heavy atom. The van der Waals surface area contributed by atoms with Gasteiger partial charge in [-0.3, -0.25) is 0 Å². The van der Waals surface area contributed by atoms with Gasteiger partial charge in [0.05, 0.1) is 4.47 Å². The Hall–Kier alpha value is -1.35. The van der Waals surface area contributed by atoms with Crippen LogP contribution in [0.5, 0.6) is 0 Å². The van der Waals surface area contributed by atoms with Crippen molar-refractivity contribution in [3.63, 3.8) is 0 Å². The van der Waals surface area contributed by atoms with E-state index < -0.39 is 0 Å². The predicted octanol–water partition coefficient (Wildman–Crippen LogP) is 5.99. The number of benzene rings is 2. The van der Waals surface area contributed by atoms with E-state index in [0.717, 1.165) is 11.3 Å². The molecule has 0 fully saturated rings. The molecule has 1 nitrogen and oxygen atoms in total. The van der Waals surface area contributed by atoms with Gasteiger partial charge in [0, 0.05) is 11.7 Å². The molecule has 21 heavy (non-hydrogen) atoms. The van der Waals surface area contributed by atoms with E-state index in [1.54, 1.807) is 12.1 Å². The van der Waals surface area contributed by atoms with E-state index in [-0.39, 0.29) is 11.9 Å². The smallest absolute Gasteiger partial charge is 0.137 e. The molecule has 0 spiro atoms. The molecule has 2 rings (SSSR count). The van der Waals surface area contributed by atoms with Crippen LogP contribution in [-0.4, -0.2) is 0 Å². The van der Waals surface area contributed by atoms with Crippen molar-refractivity contribution in [2.75, 3.05) is 5.32 Å². The third-order valence-electron chi connectivity index (χ3n) is 3.99. The maximum absolute atomic E-state index is 13.5. The van der Waals surface area contributed by atoms with Crippen LogP contribution >= 0.6 is 15.9 Å². The normalized spacial score (nSPS) is 12.3. The molecule has 0 aliphatic rings. The SMILES string of the molecule is Cc1cc(C)c(C(C)Nc2cc(Br)c(F)cc2C)cc1C. The van der Waals surface area contributed by atoms with Crippen molar-refractivity contribution in [3.05, 3.63) is 62.4 Å². The van der Waals surface area contributed by atoms with Crippen LogP contribution in [0.2, 0.25) is 0 Å². The number of nitrogens with one attached hydrogen (secondary N) is 1. The molecule has 0 saturated carbocycles. The van der Waals surface area contributed by atoms with Crippen molar-refractivity contribution in [2.24, 2.45) is 0 Å². The largest absolute Gasteiger partial charge is 0.378 e. The van der Waals surface area contributed by atoms with Crippen molar-refractivity contribution in [3.8, 4) is 0 Å². The maximum Gasteiger partial charge on any atom is 0.137 e. The van der Waals surface area contributed by atoms with Crippen LogP contribution in [0.15, 0.2) is 28.7 Å². The number of hydrogen-bond acceptors (Lipinski definition) is 1. The molecule has 0 bridgehead atoms. The zero-order chi connectivity index (χ0) is 15.7. The molecule has 0 amide bonds. The molecular formula is C18H21BrFN. The highest BCUT2D eigenvalue weighted by Crippen LogP contribution is 2.29. The summed E-state index contributed by atoms with van der Waals surface area (Å²) in [6.45, 7) is 10.4. The van der Waals surface area contributed by atoms with Crippen molar-refractivity contribution in [2.45, 2.75) is 40.7 Å². The van der Waals surface area contributed by atoms with E-state index >= 15 is 0 Å². The highest BCUT2D eigenvalue weighted by Gasteiger charge is 2.12. The number of anilines is 1. The summed E-state index contributed by atoms with van der Waals surface area (Å²) >= 11 is 3.25. The van der Waals surface area contributed by atoms with Gasteiger partial charge in [-0.15, -0.1) is 0 Å². The lowest BCUT2D eigenvalue weighted by Gasteiger charge is -2.21. The minimum Gasteiger partial charge on any atom is -0.378 e. The molecule has 0 aliphatic heterocycles. The first-order valence-corrected chi connectivity index (χ1v) is 7.89. The summed E-state index contributed by atoms with van der Waals surface area (Å²) in [5.74, 6) is -0.229. The average Bonchev–Trinajstić information content (AvgIpc) is 2.40. The summed E-state index contributed by atoms with van der Waals surface area (Å²) in [5.41, 5.74) is 7.01. The first-order chi connectivity index (χ1) is 9.79. The van der Waals surface area contributed by atoms with Crippen LogP contribution in [0.1, 0.15) is 40.8 Å². The zero-order valence-corrected chi connectivity index (χ0v) is 14.7. The number of aryl methyl sites for hydroxylation is 4. The second-order valence-electron chi connectivity index (χ2n) is 5.74. The molecule has 0 radical (unpaired) electrons. The first kappa shape index (κ1) is 16.0. The first-order valence-electron chi connectivity index (χ1n) is 7.09. The molecule has 112 valence electrons. The average molecular weight is 350 g/mol. The summed E-state index contributed by atoms with van der Waals surface area (Å²) in [4.78, 5) is 0. The molecule has 0 saturated heterocycles. The second-order valence-corrected chi connectivity index (χ2v) is 6.59. The van der Waals surface area contributed by atoms with Gasteiger partial charge in [0.1, 0.15) is 5.82 Å².